The molecule has 1 unspecified atom stereocenters. The first-order chi connectivity index (χ1) is 17.2. The van der Waals surface area contributed by atoms with Crippen LogP contribution in [0.4, 0.5) is 4.39 Å². The van der Waals surface area contributed by atoms with E-state index in [9.17, 15) is 19.1 Å². The molecule has 0 aliphatic carbocycles. The van der Waals surface area contributed by atoms with Gasteiger partial charge in [0.25, 0.3) is 5.56 Å². The van der Waals surface area contributed by atoms with E-state index in [1.165, 1.54) is 6.07 Å². The minimum absolute atomic E-state index is 0.0216. The Bertz CT molecular complexity index is 1490. The van der Waals surface area contributed by atoms with Crippen molar-refractivity contribution in [2.24, 2.45) is 0 Å². The molecule has 2 N–H and O–H groups in total. The SMILES string of the molecule is CC[C@@]1(O)C(=O)OCc2c1cc1n(c2=O)Cc2c-1nc1cc(F)c(C)cc1c2C(C)N1CCNCC1. The molecule has 36 heavy (non-hydrogen) atoms. The molecule has 8 nitrogen and oxygen atoms in total. The van der Waals surface area contributed by atoms with E-state index in [0.29, 0.717) is 34.6 Å². The fourth-order valence-electron chi connectivity index (χ4n) is 5.97. The lowest BCUT2D eigenvalue weighted by atomic mass is 9.86. The van der Waals surface area contributed by atoms with E-state index in [-0.39, 0.29) is 36.0 Å². The lowest BCUT2D eigenvalue weighted by Gasteiger charge is -2.34. The molecule has 2 atom stereocenters. The molecule has 2 aromatic heterocycles. The van der Waals surface area contributed by atoms with Gasteiger partial charge in [0.05, 0.1) is 29.0 Å². The number of piperazine rings is 1. The summed E-state index contributed by atoms with van der Waals surface area (Å²) in [4.78, 5) is 33.3. The predicted molar refractivity (Wildman–Crippen MR) is 132 cm³/mol. The highest BCUT2D eigenvalue weighted by molar-refractivity contribution is 5.90. The normalized spacial score (nSPS) is 22.2. The minimum Gasteiger partial charge on any atom is -0.458 e. The Hall–Kier alpha value is -3.14. The van der Waals surface area contributed by atoms with Gasteiger partial charge in [-0.15, -0.1) is 0 Å². The van der Waals surface area contributed by atoms with Crippen LogP contribution in [0.25, 0.3) is 22.3 Å². The van der Waals surface area contributed by atoms with Crippen LogP contribution in [-0.2, 0) is 28.3 Å². The Morgan fingerprint density at radius 1 is 1.22 bits per heavy atom. The Morgan fingerprint density at radius 2 is 1.97 bits per heavy atom. The number of nitrogens with one attached hydrogen (secondary N) is 1. The highest BCUT2D eigenvalue weighted by Gasteiger charge is 2.45. The van der Waals surface area contributed by atoms with E-state index < -0.39 is 11.6 Å². The Balaban J connectivity index is 1.63. The third kappa shape index (κ3) is 3.19. The zero-order valence-electron chi connectivity index (χ0n) is 20.7. The first-order valence-electron chi connectivity index (χ1n) is 12.5. The smallest absolute Gasteiger partial charge is 0.343 e. The number of halogens is 1. The van der Waals surface area contributed by atoms with Crippen LogP contribution < -0.4 is 10.9 Å². The summed E-state index contributed by atoms with van der Waals surface area (Å²) >= 11 is 0. The van der Waals surface area contributed by atoms with Crippen molar-refractivity contribution in [3.05, 3.63) is 62.2 Å². The van der Waals surface area contributed by atoms with Gasteiger partial charge in [0.15, 0.2) is 5.60 Å². The van der Waals surface area contributed by atoms with Crippen molar-refractivity contribution >= 4 is 16.9 Å². The summed E-state index contributed by atoms with van der Waals surface area (Å²) in [6, 6.07) is 5.03. The molecule has 3 aliphatic rings. The lowest BCUT2D eigenvalue weighted by Crippen LogP contribution is -2.44. The van der Waals surface area contributed by atoms with Crippen LogP contribution in [0.3, 0.4) is 0 Å². The number of carbonyl (C=O) groups is 1. The van der Waals surface area contributed by atoms with E-state index in [4.69, 9.17) is 9.72 Å². The van der Waals surface area contributed by atoms with Gasteiger partial charge in [0.1, 0.15) is 12.4 Å². The molecule has 0 amide bonds. The zero-order chi connectivity index (χ0) is 25.4. The first kappa shape index (κ1) is 23.3. The first-order valence-corrected chi connectivity index (χ1v) is 12.5. The van der Waals surface area contributed by atoms with E-state index in [0.717, 1.165) is 42.7 Å². The number of aryl methyl sites for hydroxylation is 1. The molecule has 1 fully saturated rings. The number of hydrogen-bond donors (Lipinski definition) is 2. The van der Waals surface area contributed by atoms with Gasteiger partial charge in [0.2, 0.25) is 0 Å². The summed E-state index contributed by atoms with van der Waals surface area (Å²) in [5.41, 5.74) is 2.55. The summed E-state index contributed by atoms with van der Waals surface area (Å²) < 4.78 is 21.5. The number of rotatable bonds is 3. The molecule has 0 saturated carbocycles. The minimum atomic E-state index is -1.89. The largest absolute Gasteiger partial charge is 0.458 e. The van der Waals surface area contributed by atoms with Crippen LogP contribution in [-0.4, -0.2) is 51.7 Å². The molecule has 0 radical (unpaired) electrons. The van der Waals surface area contributed by atoms with Crippen LogP contribution in [0.1, 0.15) is 54.1 Å². The van der Waals surface area contributed by atoms with Crippen LogP contribution in [0.15, 0.2) is 23.0 Å². The van der Waals surface area contributed by atoms with E-state index in [1.807, 2.05) is 6.07 Å². The molecule has 0 spiro atoms. The maximum Gasteiger partial charge on any atom is 0.343 e. The molecule has 9 heteroatoms. The number of cyclic esters (lactones) is 1. The topological polar surface area (TPSA) is 96.7 Å². The average Bonchev–Trinajstić information content (AvgIpc) is 3.24. The van der Waals surface area contributed by atoms with Crippen molar-refractivity contribution in [2.75, 3.05) is 26.2 Å². The second-order valence-electron chi connectivity index (χ2n) is 10.0. The number of esters is 1. The van der Waals surface area contributed by atoms with Crippen molar-refractivity contribution in [3.63, 3.8) is 0 Å². The predicted octanol–water partition coefficient (Wildman–Crippen LogP) is 2.49. The summed E-state index contributed by atoms with van der Waals surface area (Å²) in [5.74, 6) is -1.09. The van der Waals surface area contributed by atoms with Crippen molar-refractivity contribution < 1.29 is 19.0 Å². The molecular formula is C27H29FN4O4. The molecule has 1 aromatic carbocycles. The molecular weight excluding hydrogens is 463 g/mol. The van der Waals surface area contributed by atoms with Gasteiger partial charge in [-0.25, -0.2) is 14.2 Å². The van der Waals surface area contributed by atoms with E-state index in [2.05, 4.69) is 17.1 Å². The van der Waals surface area contributed by atoms with Gasteiger partial charge >= 0.3 is 5.97 Å². The summed E-state index contributed by atoms with van der Waals surface area (Å²) in [6.45, 7) is 9.26. The van der Waals surface area contributed by atoms with E-state index >= 15 is 0 Å². The lowest BCUT2D eigenvalue weighted by molar-refractivity contribution is -0.172. The maximum absolute atomic E-state index is 14.7. The standard InChI is InChI=1S/C27H29FN4O4/c1-4-27(35)19-10-22-24-17(12-32(22)25(33)18(19)13-36-26(27)34)23(15(3)31-7-5-29-6-8-31)16-9-14(2)20(28)11-21(16)30-24/h9-11,15,29,35H,4-8,12-13H2,1-3H3/t15?,27-/m0/s1. The third-order valence-electron chi connectivity index (χ3n) is 8.13. The number of benzene rings is 1. The Kier molecular flexibility index (Phi) is 5.30. The maximum atomic E-state index is 14.7. The second-order valence-corrected chi connectivity index (χ2v) is 10.0. The Labute approximate surface area is 207 Å². The van der Waals surface area contributed by atoms with Crippen molar-refractivity contribution in [3.8, 4) is 11.4 Å². The molecule has 1 saturated heterocycles. The molecule has 3 aromatic rings. The summed E-state index contributed by atoms with van der Waals surface area (Å²) in [6.07, 6.45) is 0.0789. The highest BCUT2D eigenvalue weighted by Crippen LogP contribution is 2.43. The van der Waals surface area contributed by atoms with Crippen LogP contribution >= 0.6 is 0 Å². The molecule has 3 aliphatic heterocycles. The number of ether oxygens (including phenoxy) is 1. The summed E-state index contributed by atoms with van der Waals surface area (Å²) in [7, 11) is 0. The average molecular weight is 493 g/mol. The van der Waals surface area contributed by atoms with Crippen LogP contribution in [0.5, 0.6) is 0 Å². The molecule has 5 heterocycles. The number of carbonyl (C=O) groups excluding carboxylic acids is 1. The van der Waals surface area contributed by atoms with Crippen molar-refractivity contribution in [1.82, 2.24) is 19.8 Å². The van der Waals surface area contributed by atoms with Crippen LogP contribution in [0.2, 0.25) is 0 Å². The summed E-state index contributed by atoms with van der Waals surface area (Å²) in [5, 5.41) is 15.4. The van der Waals surface area contributed by atoms with Crippen molar-refractivity contribution in [1.29, 1.82) is 0 Å². The van der Waals surface area contributed by atoms with E-state index in [1.54, 1.807) is 24.5 Å². The second kappa shape index (κ2) is 8.19. The monoisotopic (exact) mass is 492 g/mol. The number of hydrogen-bond acceptors (Lipinski definition) is 7. The van der Waals surface area contributed by atoms with Gasteiger partial charge in [-0.1, -0.05) is 6.92 Å². The highest BCUT2D eigenvalue weighted by atomic mass is 19.1. The number of fused-ring (bicyclic) bond motifs is 5. The fourth-order valence-corrected chi connectivity index (χ4v) is 5.97. The number of nitrogens with zero attached hydrogens (tertiary/aromatic N) is 3. The zero-order valence-corrected chi connectivity index (χ0v) is 20.7. The Morgan fingerprint density at radius 3 is 2.69 bits per heavy atom. The van der Waals surface area contributed by atoms with Gasteiger partial charge in [0, 0.05) is 54.8 Å². The van der Waals surface area contributed by atoms with Crippen LogP contribution in [0, 0.1) is 12.7 Å². The van der Waals surface area contributed by atoms with Gasteiger partial charge in [-0.2, -0.15) is 0 Å². The fraction of sp³-hybridized carbons (Fsp3) is 0.444. The van der Waals surface area contributed by atoms with Gasteiger partial charge in [-0.3, -0.25) is 9.69 Å². The molecule has 6 rings (SSSR count). The molecule has 0 bridgehead atoms. The quantitative estimate of drug-likeness (QED) is 0.424. The van der Waals surface area contributed by atoms with Gasteiger partial charge < -0.3 is 19.7 Å². The molecule has 188 valence electrons. The number of aromatic nitrogens is 2. The van der Waals surface area contributed by atoms with Gasteiger partial charge in [-0.05, 0) is 43.5 Å². The number of aliphatic hydroxyl groups is 1. The third-order valence-corrected chi connectivity index (χ3v) is 8.13. The van der Waals surface area contributed by atoms with Crippen molar-refractivity contribution in [2.45, 2.75) is 52.0 Å². The number of pyridine rings is 2.